The first-order valence-corrected chi connectivity index (χ1v) is 8.62. The van der Waals surface area contributed by atoms with Crippen LogP contribution in [0.5, 0.6) is 0 Å². The number of nitrogens with two attached hydrogens (primary N) is 1. The minimum absolute atomic E-state index is 0.0832. The van der Waals surface area contributed by atoms with Crippen LogP contribution in [0.1, 0.15) is 31.9 Å². The molecule has 1 atom stereocenters. The van der Waals surface area contributed by atoms with E-state index in [9.17, 15) is 13.2 Å². The molecule has 0 aliphatic carbocycles. The number of aromatic nitrogens is 2. The fraction of sp³-hybridized carbons (Fsp3) is 0.250. The van der Waals surface area contributed by atoms with Crippen LogP contribution in [0, 0.1) is 0 Å². The molecule has 0 amide bonds. The molecule has 0 spiro atoms. The Morgan fingerprint density at radius 1 is 1.30 bits per heavy atom. The van der Waals surface area contributed by atoms with Crippen LogP contribution in [0.4, 0.5) is 24.7 Å². The fourth-order valence-electron chi connectivity index (χ4n) is 2.92. The summed E-state index contributed by atoms with van der Waals surface area (Å²) >= 11 is 0. The summed E-state index contributed by atoms with van der Waals surface area (Å²) in [5.41, 5.74) is 7.75. The van der Waals surface area contributed by atoms with Crippen LogP contribution in [0.2, 0.25) is 0 Å². The van der Waals surface area contributed by atoms with E-state index < -0.39 is 11.9 Å². The Kier molecular flexibility index (Phi) is 4.87. The molecule has 0 saturated heterocycles. The average Bonchev–Trinajstić information content (AvgIpc) is 3.05. The molecule has 3 rings (SSSR count). The van der Waals surface area contributed by atoms with Crippen LogP contribution in [0.15, 0.2) is 48.7 Å². The number of nitrogens with zero attached hydrogens (tertiary/aromatic N) is 1. The monoisotopic (exact) mass is 374 g/mol. The molecule has 3 aromatic rings. The van der Waals surface area contributed by atoms with Crippen molar-refractivity contribution in [1.29, 1.82) is 0 Å². The second-order valence-corrected chi connectivity index (χ2v) is 6.54. The zero-order valence-corrected chi connectivity index (χ0v) is 15.1. The number of halogens is 3. The summed E-state index contributed by atoms with van der Waals surface area (Å²) < 4.78 is 39.3. The molecule has 0 saturated carbocycles. The number of para-hydroxylation sites is 1. The Morgan fingerprint density at radius 3 is 2.63 bits per heavy atom. The first kappa shape index (κ1) is 18.8. The van der Waals surface area contributed by atoms with Crippen LogP contribution >= 0.6 is 0 Å². The molecule has 1 aromatic carbocycles. The lowest BCUT2D eigenvalue weighted by atomic mass is 9.98. The van der Waals surface area contributed by atoms with Gasteiger partial charge in [0.2, 0.25) is 0 Å². The summed E-state index contributed by atoms with van der Waals surface area (Å²) in [4.78, 5) is 7.55. The van der Waals surface area contributed by atoms with Crippen LogP contribution in [-0.4, -0.2) is 16.1 Å². The lowest BCUT2D eigenvalue weighted by Crippen LogP contribution is -2.20. The number of nitrogens with one attached hydrogen (secondary N) is 2. The number of pyridine rings is 1. The van der Waals surface area contributed by atoms with Crippen molar-refractivity contribution in [3.63, 3.8) is 0 Å². The molecule has 0 radical (unpaired) electrons. The molecular weight excluding hydrogens is 353 g/mol. The molecule has 0 unspecified atom stereocenters. The number of benzene rings is 1. The topological polar surface area (TPSA) is 66.7 Å². The van der Waals surface area contributed by atoms with Gasteiger partial charge in [0.25, 0.3) is 0 Å². The lowest BCUT2D eigenvalue weighted by molar-refractivity contribution is -0.0898. The zero-order valence-electron chi connectivity index (χ0n) is 15.1. The molecule has 142 valence electrons. The van der Waals surface area contributed by atoms with E-state index in [1.807, 2.05) is 44.2 Å². The third kappa shape index (κ3) is 3.77. The smallest absolute Gasteiger partial charge is 0.384 e. The normalized spacial score (nSPS) is 12.9. The van der Waals surface area contributed by atoms with Crippen molar-refractivity contribution < 1.29 is 13.2 Å². The molecule has 0 aliphatic heterocycles. The second-order valence-electron chi connectivity index (χ2n) is 6.54. The van der Waals surface area contributed by atoms with E-state index >= 15 is 0 Å². The fourth-order valence-corrected chi connectivity index (χ4v) is 2.92. The second kappa shape index (κ2) is 6.98. The number of nitrogen functional groups attached to an aromatic ring is 1. The first-order valence-electron chi connectivity index (χ1n) is 8.62. The Hall–Kier alpha value is -2.96. The average molecular weight is 374 g/mol. The molecule has 7 heteroatoms. The van der Waals surface area contributed by atoms with Gasteiger partial charge in [-0.1, -0.05) is 38.6 Å². The van der Waals surface area contributed by atoms with Crippen molar-refractivity contribution in [1.82, 2.24) is 9.97 Å². The molecule has 27 heavy (non-hydrogen) atoms. The highest BCUT2D eigenvalue weighted by Crippen LogP contribution is 2.39. The Bertz CT molecular complexity index is 956. The van der Waals surface area contributed by atoms with E-state index in [-0.39, 0.29) is 17.4 Å². The summed E-state index contributed by atoms with van der Waals surface area (Å²) in [7, 11) is 0. The van der Waals surface area contributed by atoms with Gasteiger partial charge in [-0.05, 0) is 24.6 Å². The van der Waals surface area contributed by atoms with Crippen LogP contribution in [0.25, 0.3) is 22.2 Å². The summed E-state index contributed by atoms with van der Waals surface area (Å²) in [5.74, 6) is 0.169. The Balaban J connectivity index is 2.22. The maximum absolute atomic E-state index is 13.1. The molecular formula is C20H21F3N4. The van der Waals surface area contributed by atoms with Gasteiger partial charge in [0.15, 0.2) is 0 Å². The van der Waals surface area contributed by atoms with E-state index in [2.05, 4.69) is 21.9 Å². The van der Waals surface area contributed by atoms with E-state index in [0.29, 0.717) is 23.4 Å². The quantitative estimate of drug-likeness (QED) is 0.528. The number of aromatic amines is 1. The van der Waals surface area contributed by atoms with Gasteiger partial charge in [-0.2, -0.15) is 13.2 Å². The van der Waals surface area contributed by atoms with Gasteiger partial charge >= 0.3 is 6.18 Å². The molecule has 4 N–H and O–H groups in total. The largest absolute Gasteiger partial charge is 0.430 e. The molecule has 2 heterocycles. The third-order valence-electron chi connectivity index (χ3n) is 4.58. The van der Waals surface area contributed by atoms with Crippen LogP contribution in [-0.2, 0) is 0 Å². The van der Waals surface area contributed by atoms with E-state index in [4.69, 9.17) is 5.73 Å². The van der Waals surface area contributed by atoms with E-state index in [0.717, 1.165) is 10.9 Å². The Labute approximate surface area is 155 Å². The number of anilines is 2. The van der Waals surface area contributed by atoms with Crippen LogP contribution < -0.4 is 11.1 Å². The molecule has 0 fully saturated rings. The Morgan fingerprint density at radius 2 is 2.00 bits per heavy atom. The van der Waals surface area contributed by atoms with E-state index in [1.54, 1.807) is 6.07 Å². The van der Waals surface area contributed by atoms with Crippen molar-refractivity contribution in [2.75, 3.05) is 11.1 Å². The number of allylic oxidation sites excluding steroid dienone is 1. The standard InChI is InChI=1S/C20H21F3N4/c1-4-11(2)18-19(25-12(3)20(21,22)23)14(10-17(24)27-18)16-9-13-7-5-6-8-15(13)26-16/h5-11,25-26H,3-4H2,1-2H3,(H2,24,27)/t11-/m1/s1. The SMILES string of the molecule is C=C(Nc1c(-c2cc3ccccc3[nH]2)cc(N)nc1[C@H](C)CC)C(F)(F)F. The van der Waals surface area contributed by atoms with Gasteiger partial charge in [0.05, 0.1) is 11.4 Å². The van der Waals surface area contributed by atoms with E-state index in [1.165, 1.54) is 0 Å². The van der Waals surface area contributed by atoms with Crippen molar-refractivity contribution in [2.45, 2.75) is 32.4 Å². The minimum Gasteiger partial charge on any atom is -0.384 e. The number of H-pyrrole nitrogens is 1. The maximum Gasteiger partial charge on any atom is 0.430 e. The van der Waals surface area contributed by atoms with Gasteiger partial charge < -0.3 is 16.0 Å². The predicted molar refractivity (Wildman–Crippen MR) is 103 cm³/mol. The zero-order chi connectivity index (χ0) is 19.8. The number of hydrogen-bond donors (Lipinski definition) is 3. The van der Waals surface area contributed by atoms with Gasteiger partial charge in [-0.3, -0.25) is 0 Å². The van der Waals surface area contributed by atoms with Crippen molar-refractivity contribution in [2.24, 2.45) is 0 Å². The predicted octanol–water partition coefficient (Wildman–Crippen LogP) is 5.81. The molecule has 2 aromatic heterocycles. The summed E-state index contributed by atoms with van der Waals surface area (Å²) in [6.07, 6.45) is -3.86. The summed E-state index contributed by atoms with van der Waals surface area (Å²) in [6, 6.07) is 11.1. The molecule has 0 aliphatic rings. The van der Waals surface area contributed by atoms with Crippen molar-refractivity contribution in [3.05, 3.63) is 54.4 Å². The highest BCUT2D eigenvalue weighted by molar-refractivity contribution is 5.90. The van der Waals surface area contributed by atoms with Crippen molar-refractivity contribution >= 4 is 22.4 Å². The highest BCUT2D eigenvalue weighted by Gasteiger charge is 2.33. The molecule has 0 bridgehead atoms. The highest BCUT2D eigenvalue weighted by atomic mass is 19.4. The molecule has 4 nitrogen and oxygen atoms in total. The maximum atomic E-state index is 13.1. The van der Waals surface area contributed by atoms with Gasteiger partial charge in [0, 0.05) is 28.1 Å². The van der Waals surface area contributed by atoms with Gasteiger partial charge in [-0.25, -0.2) is 4.98 Å². The number of alkyl halides is 3. The third-order valence-corrected chi connectivity index (χ3v) is 4.58. The van der Waals surface area contributed by atoms with Gasteiger partial charge in [0.1, 0.15) is 11.5 Å². The number of hydrogen-bond acceptors (Lipinski definition) is 3. The van der Waals surface area contributed by atoms with Crippen molar-refractivity contribution in [3.8, 4) is 11.3 Å². The van der Waals surface area contributed by atoms with Crippen LogP contribution in [0.3, 0.4) is 0 Å². The number of rotatable bonds is 5. The first-order chi connectivity index (χ1) is 12.7. The minimum atomic E-state index is -4.56. The lowest BCUT2D eigenvalue weighted by Gasteiger charge is -2.21. The summed E-state index contributed by atoms with van der Waals surface area (Å²) in [5, 5.41) is 3.40. The van der Waals surface area contributed by atoms with Gasteiger partial charge in [-0.15, -0.1) is 0 Å². The summed E-state index contributed by atoms with van der Waals surface area (Å²) in [6.45, 7) is 6.99. The number of fused-ring (bicyclic) bond motifs is 1.